The third-order valence-corrected chi connectivity index (χ3v) is 8.82. The van der Waals surface area contributed by atoms with Crippen molar-refractivity contribution in [1.82, 2.24) is 39.0 Å². The summed E-state index contributed by atoms with van der Waals surface area (Å²) in [7, 11) is 0. The Morgan fingerprint density at radius 2 is 1.51 bits per heavy atom. The molecule has 19 heteroatoms. The molecule has 6 N–H and O–H groups in total. The van der Waals surface area contributed by atoms with E-state index in [9.17, 15) is 15.1 Å². The number of nitrogens with two attached hydrogens (primary N) is 2. The van der Waals surface area contributed by atoms with Crippen LogP contribution in [0.1, 0.15) is 25.3 Å². The first-order valence-corrected chi connectivity index (χ1v) is 15.6. The first kappa shape index (κ1) is 26.6. The summed E-state index contributed by atoms with van der Waals surface area (Å²) in [6, 6.07) is 0. The monoisotopic (exact) mass is 627 g/mol. The molecule has 17 nitrogen and oxygen atoms in total. The van der Waals surface area contributed by atoms with Gasteiger partial charge in [0.05, 0.1) is 0 Å². The third-order valence-electron chi connectivity index (χ3n) is 6.62. The second kappa shape index (κ2) is 10.4. The minimum atomic E-state index is -3.79. The van der Waals surface area contributed by atoms with E-state index in [4.69, 9.17) is 30.0 Å². The van der Waals surface area contributed by atoms with Crippen molar-refractivity contribution in [2.75, 3.05) is 24.7 Å². The van der Waals surface area contributed by atoms with Crippen molar-refractivity contribution in [2.24, 2.45) is 0 Å². The van der Waals surface area contributed by atoms with Gasteiger partial charge in [-0.2, -0.15) is 0 Å². The van der Waals surface area contributed by atoms with Crippen molar-refractivity contribution in [3.05, 3.63) is 25.3 Å². The quantitative estimate of drug-likeness (QED) is 0.127. The van der Waals surface area contributed by atoms with Crippen LogP contribution in [-0.4, -0.2) is 102 Å². The molecule has 2 aliphatic heterocycles. The minimum absolute atomic E-state index is 0.221. The number of anilines is 2. The van der Waals surface area contributed by atoms with Crippen molar-refractivity contribution < 1.29 is 33.6 Å². The Bertz CT molecular complexity index is 1550. The normalized spacial score (nSPS) is 28.9. The molecule has 0 spiro atoms. The number of rotatable bonds is 8. The molecule has 39 heavy (non-hydrogen) atoms. The number of hydrogen-bond acceptors (Lipinski definition) is 15. The number of imidazole rings is 2. The van der Waals surface area contributed by atoms with Crippen molar-refractivity contribution in [2.45, 2.75) is 49.7 Å². The molecule has 7 atom stereocenters. The molecule has 208 valence electrons. The first-order valence-electron chi connectivity index (χ1n) is 11.8. The number of hydrogen-bond donors (Lipinski definition) is 4. The van der Waals surface area contributed by atoms with E-state index in [1.165, 1.54) is 25.3 Å². The predicted molar refractivity (Wildman–Crippen MR) is 133 cm³/mol. The van der Waals surface area contributed by atoms with Crippen LogP contribution in [0.5, 0.6) is 0 Å². The van der Waals surface area contributed by atoms with E-state index in [1.54, 1.807) is 9.13 Å². The molecule has 0 aromatic carbocycles. The van der Waals surface area contributed by atoms with Crippen LogP contribution in [-0.2, 0) is 18.5 Å². The first-order chi connectivity index (χ1) is 18.7. The third kappa shape index (κ3) is 5.04. The van der Waals surface area contributed by atoms with Gasteiger partial charge in [-0.3, -0.25) is 0 Å². The van der Waals surface area contributed by atoms with E-state index < -0.39 is 43.1 Å². The number of aliphatic hydroxyl groups is 2. The topological polar surface area (TPSA) is 240 Å². The van der Waals surface area contributed by atoms with Gasteiger partial charge in [-0.05, 0) is 0 Å². The number of nitrogens with zero attached hydrogens (tertiary/aromatic N) is 8. The van der Waals surface area contributed by atoms with Crippen LogP contribution < -0.4 is 16.4 Å². The van der Waals surface area contributed by atoms with E-state index in [2.05, 4.69) is 45.0 Å². The molecule has 2 fully saturated rings. The fourth-order valence-corrected chi connectivity index (χ4v) is 6.73. The van der Waals surface area contributed by atoms with Gasteiger partial charge in [0.1, 0.15) is 0 Å². The molecule has 0 aliphatic carbocycles. The molecular weight excluding hydrogens is 602 g/mol. The molecule has 0 saturated carbocycles. The SMILES string of the molecule is Nc1ncnc2c1ncn2[C@H]1C[C@H](OP([O-])(=[Se])OC[C@H]2O[C@@H](n3cnc4c(N)ncnc43)C[C@@H]2O)[C@@H](CO)O1. The maximum atomic E-state index is 13.2. The molecule has 2 saturated heterocycles. The van der Waals surface area contributed by atoms with Crippen LogP contribution in [0.2, 0.25) is 0 Å². The van der Waals surface area contributed by atoms with Crippen molar-refractivity contribution in [3.8, 4) is 0 Å². The Morgan fingerprint density at radius 3 is 2.10 bits per heavy atom. The summed E-state index contributed by atoms with van der Waals surface area (Å²) in [4.78, 5) is 37.9. The number of aromatic nitrogens is 8. The number of nitrogen functional groups attached to an aromatic ring is 2. The van der Waals surface area contributed by atoms with E-state index in [1.807, 2.05) is 0 Å². The summed E-state index contributed by atoms with van der Waals surface area (Å²) in [5.41, 5.74) is 13.5. The van der Waals surface area contributed by atoms with Crippen LogP contribution in [0.15, 0.2) is 25.3 Å². The molecule has 0 bridgehead atoms. The van der Waals surface area contributed by atoms with Crippen LogP contribution in [0.25, 0.3) is 22.3 Å². The summed E-state index contributed by atoms with van der Waals surface area (Å²) in [6.07, 6.45) is -2.22. The Morgan fingerprint density at radius 1 is 0.949 bits per heavy atom. The Balaban J connectivity index is 1.09. The van der Waals surface area contributed by atoms with Gasteiger partial charge in [0, 0.05) is 0 Å². The number of aliphatic hydroxyl groups excluding tert-OH is 2. The summed E-state index contributed by atoms with van der Waals surface area (Å²) >= 11 is 2.45. The predicted octanol–water partition coefficient (Wildman–Crippen LogP) is -1.63. The van der Waals surface area contributed by atoms with E-state index in [0.717, 1.165) is 0 Å². The molecule has 0 radical (unpaired) electrons. The zero-order chi connectivity index (χ0) is 27.3. The second-order valence-electron chi connectivity index (χ2n) is 9.03. The Kier molecular flexibility index (Phi) is 7.09. The van der Waals surface area contributed by atoms with Crippen LogP contribution in [0, 0.1) is 0 Å². The molecule has 4 aromatic heterocycles. The molecule has 1 unspecified atom stereocenters. The zero-order valence-electron chi connectivity index (χ0n) is 20.1. The standard InChI is InChI=1S/C20H25N10O7PSe/c21-17-15-19(25-5-23-17)29(7-27-15)13-1-9(32)12(36-13)4-34-38(33,39)37-10-2-14(35-11(10)3-31)30-8-28-16-18(22)24-6-26-20(16)30/h5-14,31-32H,1-4H2,(H,33,39)(H2,21,23,25)(H2,22,24,26)/p-1/t9-,10-,11+,12+,13+,14+,38?/m0/s1. The summed E-state index contributed by atoms with van der Waals surface area (Å²) in [5, 5.41) is 20.4. The molecule has 6 heterocycles. The van der Waals surface area contributed by atoms with Gasteiger partial charge in [-0.15, -0.1) is 0 Å². The van der Waals surface area contributed by atoms with E-state index >= 15 is 0 Å². The van der Waals surface area contributed by atoms with Gasteiger partial charge < -0.3 is 0 Å². The Labute approximate surface area is 227 Å². The summed E-state index contributed by atoms with van der Waals surface area (Å²) in [5.74, 6) is 0.455. The van der Waals surface area contributed by atoms with Gasteiger partial charge in [-0.25, -0.2) is 0 Å². The van der Waals surface area contributed by atoms with E-state index in [0.29, 0.717) is 22.3 Å². The molecule has 0 amide bonds. The average molecular weight is 626 g/mol. The maximum absolute atomic E-state index is 13.2. The van der Waals surface area contributed by atoms with Crippen molar-refractivity contribution >= 4 is 55.3 Å². The molecule has 6 rings (SSSR count). The fraction of sp³-hybridized carbons (Fsp3) is 0.500. The summed E-state index contributed by atoms with van der Waals surface area (Å²) < 4.78 is 26.5. The average Bonchev–Trinajstić information content (AvgIpc) is 3.68. The van der Waals surface area contributed by atoms with Gasteiger partial charge in [0.15, 0.2) is 0 Å². The van der Waals surface area contributed by atoms with Gasteiger partial charge in [0.25, 0.3) is 0 Å². The van der Waals surface area contributed by atoms with Crippen LogP contribution in [0.4, 0.5) is 11.6 Å². The molecule has 4 aromatic rings. The Hall–Kier alpha value is -2.63. The van der Waals surface area contributed by atoms with Crippen molar-refractivity contribution in [3.63, 3.8) is 0 Å². The van der Waals surface area contributed by atoms with Crippen LogP contribution in [0.3, 0.4) is 0 Å². The van der Waals surface area contributed by atoms with Crippen LogP contribution >= 0.6 is 6.19 Å². The van der Waals surface area contributed by atoms with Gasteiger partial charge in [0.2, 0.25) is 0 Å². The molecular formula is C20H24N10O7PSe-. The fourth-order valence-electron chi connectivity index (χ4n) is 4.70. The summed E-state index contributed by atoms with van der Waals surface area (Å²) in [6.45, 7) is -0.612. The molecule has 2 aliphatic rings. The van der Waals surface area contributed by atoms with Crippen molar-refractivity contribution in [1.29, 1.82) is 0 Å². The van der Waals surface area contributed by atoms with Gasteiger partial charge >= 0.3 is 228 Å². The number of fused-ring (bicyclic) bond motifs is 2. The van der Waals surface area contributed by atoms with Gasteiger partial charge in [-0.1, -0.05) is 0 Å². The zero-order valence-corrected chi connectivity index (χ0v) is 22.7. The van der Waals surface area contributed by atoms with E-state index in [-0.39, 0.29) is 37.7 Å². The number of ether oxygens (including phenoxy) is 2. The second-order valence-corrected chi connectivity index (χ2v) is 13.2.